The van der Waals surface area contributed by atoms with Gasteiger partial charge in [0.2, 0.25) is 0 Å². The number of nitrogens with zero attached hydrogens (tertiary/aromatic N) is 3. The Morgan fingerprint density at radius 3 is 2.42 bits per heavy atom. The molecule has 0 N–H and O–H groups in total. The van der Waals surface area contributed by atoms with E-state index in [0.29, 0.717) is 38.5 Å². The summed E-state index contributed by atoms with van der Waals surface area (Å²) in [6, 6.07) is 10.1. The van der Waals surface area contributed by atoms with E-state index in [1.54, 1.807) is 19.1 Å². The van der Waals surface area contributed by atoms with Crippen LogP contribution in [0.1, 0.15) is 25.3 Å². The number of hydrogen-bond donors (Lipinski definition) is 0. The maximum atomic E-state index is 13.1. The van der Waals surface area contributed by atoms with Gasteiger partial charge in [-0.05, 0) is 31.7 Å². The fourth-order valence-corrected chi connectivity index (χ4v) is 4.16. The van der Waals surface area contributed by atoms with E-state index < -0.39 is 5.54 Å². The van der Waals surface area contributed by atoms with Gasteiger partial charge in [0.1, 0.15) is 5.54 Å². The Hall–Kier alpha value is -1.92. The van der Waals surface area contributed by atoms with Crippen LogP contribution < -0.4 is 0 Å². The van der Waals surface area contributed by atoms with Crippen LogP contribution in [0.15, 0.2) is 30.3 Å². The number of ether oxygens (including phenoxy) is 1. The molecule has 1 spiro atoms. The summed E-state index contributed by atoms with van der Waals surface area (Å²) >= 11 is 0. The zero-order valence-corrected chi connectivity index (χ0v) is 16.0. The summed E-state index contributed by atoms with van der Waals surface area (Å²) in [6.45, 7) is 4.87. The number of piperidine rings is 1. The minimum atomic E-state index is -0.670. The minimum absolute atomic E-state index is 0.0278. The molecular weight excluding hydrogens is 330 g/mol. The highest BCUT2D eigenvalue weighted by molar-refractivity contribution is 6.07. The normalized spacial score (nSPS) is 21.7. The molecule has 2 aliphatic heterocycles. The first-order chi connectivity index (χ1) is 12.5. The Kier molecular flexibility index (Phi) is 5.63. The summed E-state index contributed by atoms with van der Waals surface area (Å²) in [5.74, 6) is -0.0278. The second-order valence-electron chi connectivity index (χ2n) is 7.41. The van der Waals surface area contributed by atoms with Crippen LogP contribution in [0.25, 0.3) is 0 Å². The number of benzene rings is 1. The van der Waals surface area contributed by atoms with Gasteiger partial charge >= 0.3 is 6.03 Å². The van der Waals surface area contributed by atoms with E-state index in [2.05, 4.69) is 11.8 Å². The molecule has 0 saturated carbocycles. The molecule has 2 aliphatic rings. The maximum Gasteiger partial charge on any atom is 0.327 e. The molecule has 2 saturated heterocycles. The topological polar surface area (TPSA) is 53.1 Å². The molecule has 26 heavy (non-hydrogen) atoms. The van der Waals surface area contributed by atoms with Crippen molar-refractivity contribution in [2.24, 2.45) is 0 Å². The van der Waals surface area contributed by atoms with Gasteiger partial charge in [0, 0.05) is 39.8 Å². The number of hydrogen-bond acceptors (Lipinski definition) is 4. The van der Waals surface area contributed by atoms with Crippen LogP contribution in [-0.2, 0) is 16.0 Å². The zero-order valence-electron chi connectivity index (χ0n) is 16.0. The molecule has 0 aromatic heterocycles. The predicted molar refractivity (Wildman–Crippen MR) is 99.9 cm³/mol. The van der Waals surface area contributed by atoms with Crippen LogP contribution in [0.3, 0.4) is 0 Å². The van der Waals surface area contributed by atoms with Crippen molar-refractivity contribution >= 4 is 11.9 Å². The van der Waals surface area contributed by atoms with E-state index in [-0.39, 0.29) is 11.9 Å². The van der Waals surface area contributed by atoms with Crippen molar-refractivity contribution in [3.63, 3.8) is 0 Å². The average Bonchev–Trinajstić information content (AvgIpc) is 2.83. The van der Waals surface area contributed by atoms with E-state index in [4.69, 9.17) is 4.74 Å². The Balaban J connectivity index is 1.66. The zero-order chi connectivity index (χ0) is 18.7. The molecular formula is C20H29N3O3. The molecule has 0 unspecified atom stereocenters. The van der Waals surface area contributed by atoms with E-state index in [0.717, 1.165) is 18.7 Å². The Morgan fingerprint density at radius 2 is 1.81 bits per heavy atom. The van der Waals surface area contributed by atoms with Crippen LogP contribution in [0.4, 0.5) is 4.79 Å². The van der Waals surface area contributed by atoms with Crippen molar-refractivity contribution < 1.29 is 14.3 Å². The summed E-state index contributed by atoms with van der Waals surface area (Å²) in [5, 5.41) is 0. The number of rotatable bonds is 6. The van der Waals surface area contributed by atoms with Crippen LogP contribution >= 0.6 is 0 Å². The van der Waals surface area contributed by atoms with Gasteiger partial charge in [0.25, 0.3) is 5.91 Å². The fraction of sp³-hybridized carbons (Fsp3) is 0.600. The third-order valence-corrected chi connectivity index (χ3v) is 5.93. The van der Waals surface area contributed by atoms with Crippen molar-refractivity contribution in [1.82, 2.24) is 14.7 Å². The standard InChI is InChI=1S/C20H29N3O3/c1-16(15-26-3)22-13-10-20(11-14-22)18(24)23(19(25)21(20)2)12-9-17-7-5-4-6-8-17/h4-8,16H,9-15H2,1-3H3/t16-/m0/s1. The number of likely N-dealkylation sites (tertiary alicyclic amines) is 1. The highest BCUT2D eigenvalue weighted by Gasteiger charge is 2.56. The number of carbonyl (C=O) groups is 2. The SMILES string of the molecule is COC[C@H](C)N1CCC2(CC1)C(=O)N(CCc1ccccc1)C(=O)N2C. The van der Waals surface area contributed by atoms with Gasteiger partial charge in [-0.3, -0.25) is 14.6 Å². The quantitative estimate of drug-likeness (QED) is 0.729. The van der Waals surface area contributed by atoms with E-state index in [9.17, 15) is 9.59 Å². The largest absolute Gasteiger partial charge is 0.383 e. The molecule has 6 nitrogen and oxygen atoms in total. The number of carbonyl (C=O) groups excluding carboxylic acids is 2. The number of urea groups is 1. The second kappa shape index (κ2) is 7.76. The molecule has 2 heterocycles. The summed E-state index contributed by atoms with van der Waals surface area (Å²) < 4.78 is 5.24. The average molecular weight is 359 g/mol. The van der Waals surface area contributed by atoms with E-state index >= 15 is 0 Å². The molecule has 1 aromatic carbocycles. The lowest BCUT2D eigenvalue weighted by Crippen LogP contribution is -2.57. The van der Waals surface area contributed by atoms with Crippen molar-refractivity contribution in [2.75, 3.05) is 40.4 Å². The first-order valence-electron chi connectivity index (χ1n) is 9.36. The summed E-state index contributed by atoms with van der Waals surface area (Å²) in [7, 11) is 3.48. The van der Waals surface area contributed by atoms with Gasteiger partial charge in [-0.1, -0.05) is 30.3 Å². The highest BCUT2D eigenvalue weighted by atomic mass is 16.5. The molecule has 0 radical (unpaired) electrons. The summed E-state index contributed by atoms with van der Waals surface area (Å²) in [6.07, 6.45) is 2.06. The van der Waals surface area contributed by atoms with E-state index in [1.165, 1.54) is 4.90 Å². The highest BCUT2D eigenvalue weighted by Crippen LogP contribution is 2.36. The number of imide groups is 1. The maximum absolute atomic E-state index is 13.1. The number of amides is 3. The van der Waals surface area contributed by atoms with Crippen molar-refractivity contribution in [1.29, 1.82) is 0 Å². The first kappa shape index (κ1) is 18.9. The summed E-state index contributed by atoms with van der Waals surface area (Å²) in [5.41, 5.74) is 0.469. The molecule has 142 valence electrons. The van der Waals surface area contributed by atoms with Crippen LogP contribution in [-0.4, -0.2) is 78.6 Å². The molecule has 0 aliphatic carbocycles. The Labute approximate surface area is 155 Å². The smallest absolute Gasteiger partial charge is 0.327 e. The third-order valence-electron chi connectivity index (χ3n) is 5.93. The second-order valence-corrected chi connectivity index (χ2v) is 7.41. The molecule has 1 aromatic rings. The Morgan fingerprint density at radius 1 is 1.15 bits per heavy atom. The van der Waals surface area contributed by atoms with Gasteiger partial charge in [-0.25, -0.2) is 4.79 Å². The van der Waals surface area contributed by atoms with Crippen LogP contribution in [0, 0.1) is 0 Å². The lowest BCUT2D eigenvalue weighted by atomic mass is 9.85. The Bertz CT molecular complexity index is 641. The minimum Gasteiger partial charge on any atom is -0.383 e. The van der Waals surface area contributed by atoms with Crippen LogP contribution in [0.5, 0.6) is 0 Å². The molecule has 3 amide bonds. The van der Waals surface area contributed by atoms with Crippen molar-refractivity contribution in [3.8, 4) is 0 Å². The van der Waals surface area contributed by atoms with Gasteiger partial charge in [-0.15, -0.1) is 0 Å². The predicted octanol–water partition coefficient (Wildman–Crippen LogP) is 1.99. The number of methoxy groups -OCH3 is 1. The monoisotopic (exact) mass is 359 g/mol. The molecule has 1 atom stereocenters. The number of likely N-dealkylation sites (N-methyl/N-ethyl adjacent to an activating group) is 1. The van der Waals surface area contributed by atoms with Gasteiger partial charge in [-0.2, -0.15) is 0 Å². The third kappa shape index (κ3) is 3.35. The van der Waals surface area contributed by atoms with Crippen molar-refractivity contribution in [3.05, 3.63) is 35.9 Å². The lowest BCUT2D eigenvalue weighted by Gasteiger charge is -2.42. The fourth-order valence-electron chi connectivity index (χ4n) is 4.16. The molecule has 0 bridgehead atoms. The van der Waals surface area contributed by atoms with Gasteiger partial charge in [0.05, 0.1) is 6.61 Å². The molecule has 2 fully saturated rings. The van der Waals surface area contributed by atoms with Gasteiger partial charge < -0.3 is 9.64 Å². The lowest BCUT2D eigenvalue weighted by molar-refractivity contribution is -0.135. The molecule has 3 rings (SSSR count). The molecule has 6 heteroatoms. The van der Waals surface area contributed by atoms with Gasteiger partial charge in [0.15, 0.2) is 0 Å². The first-order valence-corrected chi connectivity index (χ1v) is 9.36. The summed E-state index contributed by atoms with van der Waals surface area (Å²) in [4.78, 5) is 31.3. The van der Waals surface area contributed by atoms with E-state index in [1.807, 2.05) is 30.3 Å². The van der Waals surface area contributed by atoms with Crippen LogP contribution in [0.2, 0.25) is 0 Å². The van der Waals surface area contributed by atoms with Crippen molar-refractivity contribution in [2.45, 2.75) is 37.8 Å².